The van der Waals surface area contributed by atoms with Gasteiger partial charge in [-0.05, 0) is 25.2 Å². The molecule has 0 spiro atoms. The molecule has 5 nitrogen and oxygen atoms in total. The normalized spacial score (nSPS) is 17.7. The highest BCUT2D eigenvalue weighted by molar-refractivity contribution is 7.99. The van der Waals surface area contributed by atoms with Gasteiger partial charge in [0.15, 0.2) is 5.13 Å². The number of carbonyl (C=O) groups is 1. The second-order valence-electron chi connectivity index (χ2n) is 4.72. The fourth-order valence-electron chi connectivity index (χ4n) is 1.94. The SMILES string of the molecule is Cc1cnc(NC(=O)c2ccc(OC3CCSC3)nc2)s1. The van der Waals surface area contributed by atoms with Crippen LogP contribution in [0.1, 0.15) is 21.7 Å². The van der Waals surface area contributed by atoms with Gasteiger partial charge in [-0.2, -0.15) is 11.8 Å². The molecule has 3 rings (SSSR count). The van der Waals surface area contributed by atoms with E-state index in [1.165, 1.54) is 17.5 Å². The minimum atomic E-state index is -0.208. The van der Waals surface area contributed by atoms with Crippen molar-refractivity contribution in [2.24, 2.45) is 0 Å². The lowest BCUT2D eigenvalue weighted by atomic mass is 10.2. The van der Waals surface area contributed by atoms with Crippen molar-refractivity contribution in [3.63, 3.8) is 0 Å². The van der Waals surface area contributed by atoms with Crippen LogP contribution in [0.4, 0.5) is 5.13 Å². The number of hydrogen-bond donors (Lipinski definition) is 1. The van der Waals surface area contributed by atoms with E-state index < -0.39 is 0 Å². The zero-order valence-electron chi connectivity index (χ0n) is 11.5. The van der Waals surface area contributed by atoms with E-state index in [0.29, 0.717) is 16.6 Å². The molecule has 1 aliphatic heterocycles. The van der Waals surface area contributed by atoms with Crippen LogP contribution in [-0.4, -0.2) is 33.5 Å². The van der Waals surface area contributed by atoms with E-state index in [-0.39, 0.29) is 12.0 Å². The van der Waals surface area contributed by atoms with Crippen LogP contribution in [0.3, 0.4) is 0 Å². The Morgan fingerprint density at radius 1 is 1.38 bits per heavy atom. The highest BCUT2D eigenvalue weighted by Crippen LogP contribution is 2.22. The summed E-state index contributed by atoms with van der Waals surface area (Å²) >= 11 is 3.33. The Labute approximate surface area is 131 Å². The largest absolute Gasteiger partial charge is 0.473 e. The summed E-state index contributed by atoms with van der Waals surface area (Å²) in [5, 5.41) is 3.35. The first kappa shape index (κ1) is 14.3. The summed E-state index contributed by atoms with van der Waals surface area (Å²) in [7, 11) is 0. The smallest absolute Gasteiger partial charge is 0.259 e. The number of pyridine rings is 1. The van der Waals surface area contributed by atoms with Crippen LogP contribution in [0.5, 0.6) is 5.88 Å². The topological polar surface area (TPSA) is 64.1 Å². The van der Waals surface area contributed by atoms with Crippen LogP contribution in [0, 0.1) is 6.92 Å². The molecule has 0 saturated carbocycles. The summed E-state index contributed by atoms with van der Waals surface area (Å²) in [6, 6.07) is 3.46. The summed E-state index contributed by atoms with van der Waals surface area (Å²) in [6.45, 7) is 1.95. The number of rotatable bonds is 4. The predicted octanol–water partition coefficient (Wildman–Crippen LogP) is 2.98. The molecule has 1 fully saturated rings. The van der Waals surface area contributed by atoms with Crippen LogP contribution >= 0.6 is 23.1 Å². The fraction of sp³-hybridized carbons (Fsp3) is 0.357. The van der Waals surface area contributed by atoms with E-state index in [1.54, 1.807) is 18.3 Å². The van der Waals surface area contributed by atoms with Crippen LogP contribution in [0.25, 0.3) is 0 Å². The summed E-state index contributed by atoms with van der Waals surface area (Å²) in [5.74, 6) is 2.51. The molecular weight excluding hydrogens is 306 g/mol. The first-order chi connectivity index (χ1) is 10.2. The van der Waals surface area contributed by atoms with Crippen LogP contribution in [0.15, 0.2) is 24.5 Å². The maximum Gasteiger partial charge on any atom is 0.259 e. The Balaban J connectivity index is 1.61. The number of aryl methyl sites for hydroxylation is 1. The van der Waals surface area contributed by atoms with E-state index in [4.69, 9.17) is 4.74 Å². The van der Waals surface area contributed by atoms with E-state index in [9.17, 15) is 4.79 Å². The van der Waals surface area contributed by atoms with Crippen LogP contribution in [-0.2, 0) is 0 Å². The van der Waals surface area contributed by atoms with Gasteiger partial charge in [0, 0.05) is 29.1 Å². The molecule has 0 aliphatic carbocycles. The summed E-state index contributed by atoms with van der Waals surface area (Å²) in [4.78, 5) is 21.4. The zero-order chi connectivity index (χ0) is 14.7. The number of carbonyl (C=O) groups excluding carboxylic acids is 1. The Bertz CT molecular complexity index is 621. The number of thioether (sulfide) groups is 1. The fourth-order valence-corrected chi connectivity index (χ4v) is 3.70. The van der Waals surface area contributed by atoms with Gasteiger partial charge in [0.05, 0.1) is 5.56 Å². The van der Waals surface area contributed by atoms with Crippen molar-refractivity contribution in [3.8, 4) is 5.88 Å². The Morgan fingerprint density at radius 2 is 2.29 bits per heavy atom. The van der Waals surface area contributed by atoms with Crippen molar-refractivity contribution in [2.45, 2.75) is 19.4 Å². The number of aromatic nitrogens is 2. The van der Waals surface area contributed by atoms with Crippen LogP contribution in [0.2, 0.25) is 0 Å². The quantitative estimate of drug-likeness (QED) is 0.938. The Morgan fingerprint density at radius 3 is 2.90 bits per heavy atom. The van der Waals surface area contributed by atoms with Crippen molar-refractivity contribution >= 4 is 34.1 Å². The van der Waals surface area contributed by atoms with Crippen molar-refractivity contribution in [3.05, 3.63) is 35.0 Å². The Hall–Kier alpha value is -1.60. The molecular formula is C14H15N3O2S2. The van der Waals surface area contributed by atoms with Crippen LogP contribution < -0.4 is 10.1 Å². The van der Waals surface area contributed by atoms with Crippen molar-refractivity contribution in [2.75, 3.05) is 16.8 Å². The zero-order valence-corrected chi connectivity index (χ0v) is 13.2. The standard InChI is InChI=1S/C14H15N3O2S2/c1-9-6-16-14(21-9)17-13(18)10-2-3-12(15-7-10)19-11-4-5-20-8-11/h2-3,6-7,11H,4-5,8H2,1H3,(H,16,17,18). The average Bonchev–Trinajstić information content (AvgIpc) is 3.12. The Kier molecular flexibility index (Phi) is 4.40. The van der Waals surface area contributed by atoms with Gasteiger partial charge in [0.1, 0.15) is 6.10 Å². The molecule has 2 aromatic rings. The second kappa shape index (κ2) is 6.44. The molecule has 0 aromatic carbocycles. The highest BCUT2D eigenvalue weighted by atomic mass is 32.2. The highest BCUT2D eigenvalue weighted by Gasteiger charge is 2.17. The summed E-state index contributed by atoms with van der Waals surface area (Å²) < 4.78 is 5.76. The van der Waals surface area contributed by atoms with E-state index in [2.05, 4.69) is 15.3 Å². The first-order valence-electron chi connectivity index (χ1n) is 6.65. The maximum absolute atomic E-state index is 12.1. The number of anilines is 1. The molecule has 7 heteroatoms. The van der Waals surface area contributed by atoms with Gasteiger partial charge in [-0.1, -0.05) is 0 Å². The molecule has 1 N–H and O–H groups in total. The molecule has 1 atom stereocenters. The molecule has 1 aliphatic rings. The lowest BCUT2D eigenvalue weighted by Gasteiger charge is -2.11. The number of nitrogens with zero attached hydrogens (tertiary/aromatic N) is 2. The third-order valence-electron chi connectivity index (χ3n) is 3.02. The minimum Gasteiger partial charge on any atom is -0.473 e. The number of hydrogen-bond acceptors (Lipinski definition) is 6. The molecule has 2 aromatic heterocycles. The first-order valence-corrected chi connectivity index (χ1v) is 8.62. The van der Waals surface area contributed by atoms with Gasteiger partial charge >= 0.3 is 0 Å². The minimum absolute atomic E-state index is 0.208. The molecule has 1 saturated heterocycles. The van der Waals surface area contributed by atoms with Gasteiger partial charge in [-0.3, -0.25) is 10.1 Å². The molecule has 21 heavy (non-hydrogen) atoms. The molecule has 110 valence electrons. The van der Waals surface area contributed by atoms with Crippen molar-refractivity contribution in [1.82, 2.24) is 9.97 Å². The lowest BCUT2D eigenvalue weighted by molar-refractivity contribution is 0.102. The molecule has 1 amide bonds. The number of thiazole rings is 1. The number of nitrogens with one attached hydrogen (secondary N) is 1. The monoisotopic (exact) mass is 321 g/mol. The van der Waals surface area contributed by atoms with Gasteiger partial charge < -0.3 is 4.74 Å². The molecule has 0 bridgehead atoms. The van der Waals surface area contributed by atoms with Gasteiger partial charge in [0.2, 0.25) is 5.88 Å². The van der Waals surface area contributed by atoms with Gasteiger partial charge in [-0.25, -0.2) is 9.97 Å². The molecule has 3 heterocycles. The third kappa shape index (κ3) is 3.74. The number of amides is 1. The maximum atomic E-state index is 12.1. The van der Waals surface area contributed by atoms with E-state index in [1.807, 2.05) is 18.7 Å². The summed E-state index contributed by atoms with van der Waals surface area (Å²) in [6.07, 6.45) is 4.56. The van der Waals surface area contributed by atoms with Gasteiger partial charge in [-0.15, -0.1) is 11.3 Å². The number of ether oxygens (including phenoxy) is 1. The van der Waals surface area contributed by atoms with E-state index in [0.717, 1.165) is 22.8 Å². The summed E-state index contributed by atoms with van der Waals surface area (Å²) in [5.41, 5.74) is 0.496. The lowest BCUT2D eigenvalue weighted by Crippen LogP contribution is -2.16. The third-order valence-corrected chi connectivity index (χ3v) is 4.98. The second-order valence-corrected chi connectivity index (χ2v) is 7.10. The van der Waals surface area contributed by atoms with Crippen molar-refractivity contribution < 1.29 is 9.53 Å². The average molecular weight is 321 g/mol. The van der Waals surface area contributed by atoms with E-state index >= 15 is 0 Å². The van der Waals surface area contributed by atoms with Gasteiger partial charge in [0.25, 0.3) is 5.91 Å². The molecule has 1 unspecified atom stereocenters. The van der Waals surface area contributed by atoms with Crippen molar-refractivity contribution in [1.29, 1.82) is 0 Å². The molecule has 0 radical (unpaired) electrons. The predicted molar refractivity (Wildman–Crippen MR) is 85.4 cm³/mol.